The van der Waals surface area contributed by atoms with Gasteiger partial charge in [0.15, 0.2) is 17.5 Å². The van der Waals surface area contributed by atoms with Gasteiger partial charge in [-0.2, -0.15) is 0 Å². The molecule has 0 atom stereocenters. The molecule has 1 aliphatic carbocycles. The third-order valence-corrected chi connectivity index (χ3v) is 12.0. The maximum Gasteiger partial charge on any atom is 0.164 e. The molecule has 13 rings (SSSR count). The van der Waals surface area contributed by atoms with E-state index in [1.165, 1.54) is 22.3 Å². The van der Waals surface area contributed by atoms with Crippen molar-refractivity contribution in [3.63, 3.8) is 0 Å². The fraction of sp³-hybridized carbons (Fsp3) is 0.0192. The molecular weight excluding hydrogens is 715 g/mol. The maximum absolute atomic E-state index is 6.74. The minimum atomic E-state index is -0.573. The van der Waals surface area contributed by atoms with Crippen LogP contribution >= 0.6 is 0 Å². The van der Waals surface area contributed by atoms with Gasteiger partial charge in [0.05, 0.1) is 5.41 Å². The van der Waals surface area contributed by atoms with Gasteiger partial charge in [0.25, 0.3) is 0 Å². The molecule has 4 heterocycles. The van der Waals surface area contributed by atoms with E-state index in [0.717, 1.165) is 83.2 Å². The van der Waals surface area contributed by atoms with Gasteiger partial charge in [-0.05, 0) is 89.0 Å². The van der Waals surface area contributed by atoms with E-state index in [0.29, 0.717) is 17.5 Å². The van der Waals surface area contributed by atoms with Crippen molar-refractivity contribution in [2.45, 2.75) is 5.41 Å². The van der Waals surface area contributed by atoms with Crippen LogP contribution in [-0.4, -0.2) is 15.0 Å². The second-order valence-electron chi connectivity index (χ2n) is 15.1. The molecule has 0 radical (unpaired) electrons. The lowest BCUT2D eigenvalue weighted by molar-refractivity contribution is 0.436. The highest BCUT2D eigenvalue weighted by atomic mass is 16.5. The van der Waals surface area contributed by atoms with E-state index in [1.54, 1.807) is 0 Å². The van der Waals surface area contributed by atoms with Crippen LogP contribution in [0.2, 0.25) is 0 Å². The maximum atomic E-state index is 6.74. The van der Waals surface area contributed by atoms with Crippen LogP contribution in [0.4, 0.5) is 0 Å². The van der Waals surface area contributed by atoms with Crippen LogP contribution in [0, 0.1) is 0 Å². The Morgan fingerprint density at radius 2 is 0.845 bits per heavy atom. The zero-order valence-corrected chi connectivity index (χ0v) is 30.8. The zero-order valence-electron chi connectivity index (χ0n) is 30.8. The lowest BCUT2D eigenvalue weighted by atomic mass is 9.66. The summed E-state index contributed by atoms with van der Waals surface area (Å²) in [5.74, 6) is 3.50. The first-order valence-electron chi connectivity index (χ1n) is 19.4. The topological polar surface area (TPSA) is 74.2 Å². The van der Waals surface area contributed by atoms with Crippen molar-refractivity contribution >= 4 is 43.9 Å². The van der Waals surface area contributed by atoms with E-state index in [9.17, 15) is 0 Å². The van der Waals surface area contributed by atoms with Crippen molar-refractivity contribution in [3.8, 4) is 56.8 Å². The van der Waals surface area contributed by atoms with E-state index in [-0.39, 0.29) is 0 Å². The molecule has 1 spiro atoms. The second-order valence-corrected chi connectivity index (χ2v) is 15.1. The molecule has 0 unspecified atom stereocenters. The van der Waals surface area contributed by atoms with E-state index >= 15 is 0 Å². The molecule has 0 amide bonds. The van der Waals surface area contributed by atoms with Crippen LogP contribution in [0.15, 0.2) is 185 Å². The Labute approximate surface area is 331 Å². The minimum Gasteiger partial charge on any atom is -0.457 e. The Kier molecular flexibility index (Phi) is 6.28. The summed E-state index contributed by atoms with van der Waals surface area (Å²) < 4.78 is 19.4. The summed E-state index contributed by atoms with van der Waals surface area (Å²) >= 11 is 0. The standard InChI is InChI=1S/C52H29N3O3/c1-2-12-30(13-3-1)49-53-50(31-22-24-44-36(26-31)34-15-5-9-19-43(34)56-44)55-51(54-49)32-23-25-45-37(27-32)38-28-35-33-14-4-6-16-39(33)52(42(35)29-48(38)57-45)40-17-7-10-20-46(40)58-47-21-11-8-18-41(47)52/h1-29H. The number of rotatable bonds is 3. The number of aromatic nitrogens is 3. The normalized spacial score (nSPS) is 13.4. The first kappa shape index (κ1) is 31.4. The van der Waals surface area contributed by atoms with Crippen LogP contribution < -0.4 is 4.74 Å². The van der Waals surface area contributed by atoms with Crippen molar-refractivity contribution in [1.82, 2.24) is 15.0 Å². The fourth-order valence-corrected chi connectivity index (χ4v) is 9.48. The van der Waals surface area contributed by atoms with Crippen LogP contribution in [0.5, 0.6) is 11.5 Å². The van der Waals surface area contributed by atoms with Gasteiger partial charge >= 0.3 is 0 Å². The summed E-state index contributed by atoms with van der Waals surface area (Å²) in [7, 11) is 0. The van der Waals surface area contributed by atoms with Crippen molar-refractivity contribution < 1.29 is 13.6 Å². The van der Waals surface area contributed by atoms with Gasteiger partial charge in [0, 0.05) is 49.4 Å². The lowest BCUT2D eigenvalue weighted by Gasteiger charge is -2.39. The van der Waals surface area contributed by atoms with Crippen molar-refractivity contribution in [2.24, 2.45) is 0 Å². The van der Waals surface area contributed by atoms with Crippen LogP contribution in [-0.2, 0) is 5.41 Å². The number of ether oxygens (including phenoxy) is 1. The van der Waals surface area contributed by atoms with Gasteiger partial charge in [-0.25, -0.2) is 15.0 Å². The Morgan fingerprint density at radius 1 is 0.328 bits per heavy atom. The van der Waals surface area contributed by atoms with Crippen molar-refractivity contribution in [3.05, 3.63) is 198 Å². The molecule has 1 aliphatic heterocycles. The Hall–Kier alpha value is -7.83. The molecule has 2 aliphatic rings. The average molecular weight is 744 g/mol. The fourth-order valence-electron chi connectivity index (χ4n) is 9.48. The molecule has 8 aromatic carbocycles. The van der Waals surface area contributed by atoms with Gasteiger partial charge in [0.1, 0.15) is 33.8 Å². The SMILES string of the molecule is c1ccc(-c2nc(-c3ccc4oc5ccccc5c4c3)nc(-c3ccc4oc5cc6c(cc5c4c3)-c3ccccc3C63c4ccccc4Oc4ccccc43)n2)cc1. The molecule has 0 saturated heterocycles. The predicted molar refractivity (Wildman–Crippen MR) is 228 cm³/mol. The molecule has 58 heavy (non-hydrogen) atoms. The average Bonchev–Trinajstić information content (AvgIpc) is 3.93. The summed E-state index contributed by atoms with van der Waals surface area (Å²) in [6.45, 7) is 0. The predicted octanol–water partition coefficient (Wildman–Crippen LogP) is 13.1. The smallest absolute Gasteiger partial charge is 0.164 e. The zero-order chi connectivity index (χ0) is 38.0. The number of hydrogen-bond donors (Lipinski definition) is 0. The van der Waals surface area contributed by atoms with Gasteiger partial charge in [-0.1, -0.05) is 109 Å². The van der Waals surface area contributed by atoms with E-state index in [2.05, 4.69) is 91.0 Å². The Bertz CT molecular complexity index is 3460. The van der Waals surface area contributed by atoms with Crippen molar-refractivity contribution in [2.75, 3.05) is 0 Å². The highest BCUT2D eigenvalue weighted by Gasteiger charge is 2.51. The van der Waals surface area contributed by atoms with Gasteiger partial charge in [-0.15, -0.1) is 0 Å². The number of para-hydroxylation sites is 3. The molecule has 270 valence electrons. The Morgan fingerprint density at radius 3 is 1.55 bits per heavy atom. The molecule has 0 saturated carbocycles. The summed E-state index contributed by atoms with van der Waals surface area (Å²) in [6, 6.07) is 60.7. The number of hydrogen-bond acceptors (Lipinski definition) is 6. The van der Waals surface area contributed by atoms with E-state index < -0.39 is 5.41 Å². The van der Waals surface area contributed by atoms with Crippen LogP contribution in [0.25, 0.3) is 89.2 Å². The Balaban J connectivity index is 1.02. The number of furan rings is 2. The highest BCUT2D eigenvalue weighted by Crippen LogP contribution is 2.62. The summed E-state index contributed by atoms with van der Waals surface area (Å²) in [5, 5.41) is 4.10. The summed E-state index contributed by atoms with van der Waals surface area (Å²) in [4.78, 5) is 15.2. The molecule has 6 nitrogen and oxygen atoms in total. The first-order chi connectivity index (χ1) is 28.7. The number of nitrogens with zero attached hydrogens (tertiary/aromatic N) is 3. The van der Waals surface area contributed by atoms with E-state index in [4.69, 9.17) is 28.5 Å². The van der Waals surface area contributed by atoms with Gasteiger partial charge in [0.2, 0.25) is 0 Å². The minimum absolute atomic E-state index is 0.573. The number of fused-ring (bicyclic) bond motifs is 15. The molecular formula is C52H29N3O3. The highest BCUT2D eigenvalue weighted by molar-refractivity contribution is 6.10. The molecule has 6 heteroatoms. The second kappa shape index (κ2) is 11.6. The largest absolute Gasteiger partial charge is 0.457 e. The molecule has 0 bridgehead atoms. The summed E-state index contributed by atoms with van der Waals surface area (Å²) in [6.07, 6.45) is 0. The molecule has 0 fully saturated rings. The molecule has 11 aromatic rings. The first-order valence-corrected chi connectivity index (χ1v) is 19.4. The quantitative estimate of drug-likeness (QED) is 0.179. The van der Waals surface area contributed by atoms with E-state index in [1.807, 2.05) is 84.9 Å². The third kappa shape index (κ3) is 4.28. The molecule has 3 aromatic heterocycles. The summed E-state index contributed by atoms with van der Waals surface area (Å²) in [5.41, 5.74) is 12.4. The van der Waals surface area contributed by atoms with Gasteiger partial charge < -0.3 is 13.6 Å². The van der Waals surface area contributed by atoms with Crippen LogP contribution in [0.3, 0.4) is 0 Å². The molecule has 0 N–H and O–H groups in total. The monoisotopic (exact) mass is 743 g/mol. The van der Waals surface area contributed by atoms with Crippen LogP contribution in [0.1, 0.15) is 22.3 Å². The van der Waals surface area contributed by atoms with Crippen molar-refractivity contribution in [1.29, 1.82) is 0 Å². The van der Waals surface area contributed by atoms with Gasteiger partial charge in [-0.3, -0.25) is 0 Å². The third-order valence-electron chi connectivity index (χ3n) is 12.0. The lowest BCUT2D eigenvalue weighted by Crippen LogP contribution is -2.32. The number of benzene rings is 8.